The summed E-state index contributed by atoms with van der Waals surface area (Å²) in [4.78, 5) is 32.4. The lowest BCUT2D eigenvalue weighted by Crippen LogP contribution is -2.47. The van der Waals surface area contributed by atoms with Crippen LogP contribution < -0.4 is 11.3 Å². The van der Waals surface area contributed by atoms with Crippen LogP contribution >= 0.6 is 22.9 Å². The second-order valence-corrected chi connectivity index (χ2v) is 12.3. The highest BCUT2D eigenvalue weighted by Gasteiger charge is 2.33. The van der Waals surface area contributed by atoms with Crippen LogP contribution in [0, 0.1) is 0 Å². The molecule has 1 amide bonds. The van der Waals surface area contributed by atoms with E-state index < -0.39 is 11.7 Å². The maximum atomic E-state index is 13.5. The van der Waals surface area contributed by atoms with Crippen molar-refractivity contribution in [3.63, 3.8) is 0 Å². The molecule has 3 N–H and O–H groups in total. The van der Waals surface area contributed by atoms with Crippen molar-refractivity contribution < 1.29 is 14.6 Å². The Balaban J connectivity index is 1.13. The first kappa shape index (κ1) is 29.1. The average molecular weight is 619 g/mol. The molecule has 0 spiro atoms. The summed E-state index contributed by atoms with van der Waals surface area (Å²) in [5.74, 6) is 0. The number of carbonyl (C=O) groups is 1. The molecule has 0 aliphatic carbocycles. The fourth-order valence-corrected chi connectivity index (χ4v) is 6.52. The first-order valence-corrected chi connectivity index (χ1v) is 15.2. The lowest BCUT2D eigenvalue weighted by atomic mass is 9.91. The smallest absolute Gasteiger partial charge is 0.404 e. The third-order valence-electron chi connectivity index (χ3n) is 7.92. The predicted octanol–water partition coefficient (Wildman–Crippen LogP) is 4.80. The Morgan fingerprint density at radius 1 is 1.12 bits per heavy atom. The monoisotopic (exact) mass is 618 g/mol. The van der Waals surface area contributed by atoms with Gasteiger partial charge in [-0.2, -0.15) is 5.10 Å². The van der Waals surface area contributed by atoms with Crippen molar-refractivity contribution in [2.75, 3.05) is 13.1 Å². The van der Waals surface area contributed by atoms with E-state index in [4.69, 9.17) is 22.1 Å². The second kappa shape index (κ2) is 11.9. The molecule has 222 valence electrons. The van der Waals surface area contributed by atoms with Crippen LogP contribution in [0.4, 0.5) is 4.79 Å². The van der Waals surface area contributed by atoms with Crippen LogP contribution in [0.1, 0.15) is 24.0 Å². The molecule has 1 aliphatic rings. The van der Waals surface area contributed by atoms with Crippen molar-refractivity contribution in [1.29, 1.82) is 0 Å². The van der Waals surface area contributed by atoms with E-state index in [1.165, 1.54) is 15.8 Å². The number of nitrogens with zero attached hydrogens (tertiary/aromatic N) is 5. The lowest BCUT2D eigenvalue weighted by molar-refractivity contribution is -0.0364. The van der Waals surface area contributed by atoms with Gasteiger partial charge in [-0.1, -0.05) is 54.1 Å². The number of hydrogen-bond acceptors (Lipinski definition) is 8. The molecule has 3 aromatic heterocycles. The third kappa shape index (κ3) is 6.21. The average Bonchev–Trinajstić information content (AvgIpc) is 3.65. The number of piperidine rings is 1. The standard InChI is InChI=1S/C31H31ClN6O4S/c1-36-28(21-6-4-20(5-7-21)17-42-30(33)40)26-27(35-36)29(39)38(19-34-26)18-31(41)10-12-37(13-11-31)16-23-9-8-22(15-24(23)32)25-3-2-14-43-25/h2-9,14-15,19,41H,10-13,16-18H2,1H3,(H2,33,40). The third-order valence-corrected chi connectivity index (χ3v) is 9.20. The number of primary amides is 1. The van der Waals surface area contributed by atoms with Crippen LogP contribution in [-0.2, 0) is 31.5 Å². The van der Waals surface area contributed by atoms with Gasteiger partial charge in [0.25, 0.3) is 5.56 Å². The molecule has 0 unspecified atom stereocenters. The topological polar surface area (TPSA) is 128 Å². The van der Waals surface area contributed by atoms with Gasteiger partial charge in [0.2, 0.25) is 0 Å². The van der Waals surface area contributed by atoms with Gasteiger partial charge >= 0.3 is 6.09 Å². The van der Waals surface area contributed by atoms with E-state index in [2.05, 4.69) is 38.6 Å². The molecular formula is C31H31ClN6O4S. The Morgan fingerprint density at radius 2 is 1.86 bits per heavy atom. The summed E-state index contributed by atoms with van der Waals surface area (Å²) < 4.78 is 7.93. The number of halogens is 1. The number of carbonyl (C=O) groups excluding carboxylic acids is 1. The van der Waals surface area contributed by atoms with E-state index in [1.54, 1.807) is 23.1 Å². The van der Waals surface area contributed by atoms with Gasteiger partial charge in [-0.05, 0) is 47.0 Å². The van der Waals surface area contributed by atoms with Crippen molar-refractivity contribution in [3.05, 3.63) is 92.8 Å². The van der Waals surface area contributed by atoms with Gasteiger partial charge in [-0.25, -0.2) is 9.78 Å². The molecule has 1 saturated heterocycles. The first-order valence-electron chi connectivity index (χ1n) is 13.9. The van der Waals surface area contributed by atoms with E-state index >= 15 is 0 Å². The fraction of sp³-hybridized carbons (Fsp3) is 0.290. The van der Waals surface area contributed by atoms with Gasteiger partial charge in [0, 0.05) is 42.1 Å². The molecule has 2 aromatic carbocycles. The van der Waals surface area contributed by atoms with E-state index in [0.717, 1.165) is 27.3 Å². The number of nitrogens with two attached hydrogens (primary N) is 1. The van der Waals surface area contributed by atoms with Crippen LogP contribution in [0.2, 0.25) is 5.02 Å². The quantitative estimate of drug-likeness (QED) is 0.256. The zero-order valence-electron chi connectivity index (χ0n) is 23.6. The number of aryl methyl sites for hydroxylation is 1. The van der Waals surface area contributed by atoms with Gasteiger partial charge < -0.3 is 15.6 Å². The maximum Gasteiger partial charge on any atom is 0.404 e. The van der Waals surface area contributed by atoms with Crippen LogP contribution in [0.25, 0.3) is 32.7 Å². The van der Waals surface area contributed by atoms with Crippen LogP contribution in [0.5, 0.6) is 0 Å². The minimum Gasteiger partial charge on any atom is -0.445 e. The number of thiophene rings is 1. The Labute approximate surface area is 256 Å². The molecule has 12 heteroatoms. The van der Waals surface area contributed by atoms with Crippen molar-refractivity contribution in [3.8, 4) is 21.7 Å². The van der Waals surface area contributed by atoms with Gasteiger partial charge in [0.15, 0.2) is 5.52 Å². The summed E-state index contributed by atoms with van der Waals surface area (Å²) in [6.45, 7) is 2.26. The maximum absolute atomic E-state index is 13.5. The number of likely N-dealkylation sites (tertiary alicyclic amines) is 1. The molecule has 0 saturated carbocycles. The van der Waals surface area contributed by atoms with Crippen LogP contribution in [-0.4, -0.2) is 54.1 Å². The molecule has 1 aliphatic heterocycles. The Morgan fingerprint density at radius 3 is 2.53 bits per heavy atom. The molecule has 6 rings (SSSR count). The summed E-state index contributed by atoms with van der Waals surface area (Å²) in [6, 6.07) is 17.6. The highest BCUT2D eigenvalue weighted by molar-refractivity contribution is 7.13. The van der Waals surface area contributed by atoms with E-state index in [9.17, 15) is 14.7 Å². The SMILES string of the molecule is Cn1nc2c(=O)n(CC3(O)CCN(Cc4ccc(-c5cccs5)cc4Cl)CC3)cnc2c1-c1ccc(COC(N)=O)cc1. The number of aromatic nitrogens is 4. The molecule has 43 heavy (non-hydrogen) atoms. The zero-order valence-corrected chi connectivity index (χ0v) is 25.1. The van der Waals surface area contributed by atoms with Gasteiger partial charge in [0.1, 0.15) is 12.1 Å². The molecule has 5 aromatic rings. The van der Waals surface area contributed by atoms with E-state index in [0.29, 0.717) is 43.7 Å². The van der Waals surface area contributed by atoms with Gasteiger partial charge in [-0.3, -0.25) is 18.9 Å². The summed E-state index contributed by atoms with van der Waals surface area (Å²) in [5.41, 5.74) is 8.87. The van der Waals surface area contributed by atoms with E-state index in [-0.39, 0.29) is 24.2 Å². The van der Waals surface area contributed by atoms with Crippen molar-refractivity contribution in [2.24, 2.45) is 12.8 Å². The second-order valence-electron chi connectivity index (χ2n) is 10.9. The fourth-order valence-electron chi connectivity index (χ4n) is 5.56. The zero-order chi connectivity index (χ0) is 30.1. The Bertz CT molecular complexity index is 1830. The largest absolute Gasteiger partial charge is 0.445 e. The van der Waals surface area contributed by atoms with E-state index in [1.807, 2.05) is 36.4 Å². The number of amides is 1. The molecular weight excluding hydrogens is 588 g/mol. The number of benzene rings is 2. The first-order chi connectivity index (χ1) is 20.7. The van der Waals surface area contributed by atoms with Gasteiger partial charge in [0.05, 0.1) is 24.2 Å². The summed E-state index contributed by atoms with van der Waals surface area (Å²) >= 11 is 8.32. The Kier molecular flexibility index (Phi) is 8.06. The minimum absolute atomic E-state index is 0.0716. The summed E-state index contributed by atoms with van der Waals surface area (Å²) in [5, 5.41) is 18.7. The van der Waals surface area contributed by atoms with Crippen molar-refractivity contribution in [1.82, 2.24) is 24.2 Å². The van der Waals surface area contributed by atoms with Gasteiger partial charge in [-0.15, -0.1) is 11.3 Å². The number of ether oxygens (including phenoxy) is 1. The Hall–Kier alpha value is -4.03. The lowest BCUT2D eigenvalue weighted by Gasteiger charge is -2.38. The van der Waals surface area contributed by atoms with Crippen LogP contribution in [0.3, 0.4) is 0 Å². The van der Waals surface area contributed by atoms with Crippen LogP contribution in [0.15, 0.2) is 71.1 Å². The molecule has 1 fully saturated rings. The molecule has 0 bridgehead atoms. The highest BCUT2D eigenvalue weighted by Crippen LogP contribution is 2.31. The van der Waals surface area contributed by atoms with Crippen molar-refractivity contribution >= 4 is 40.1 Å². The van der Waals surface area contributed by atoms with Crippen molar-refractivity contribution in [2.45, 2.75) is 38.1 Å². The minimum atomic E-state index is -1.04. The number of fused-ring (bicyclic) bond motifs is 1. The number of aliphatic hydroxyl groups is 1. The molecule has 0 atom stereocenters. The highest BCUT2D eigenvalue weighted by atomic mass is 35.5. The predicted molar refractivity (Wildman–Crippen MR) is 167 cm³/mol. The summed E-state index contributed by atoms with van der Waals surface area (Å²) in [6.07, 6.45) is 1.69. The molecule has 10 nitrogen and oxygen atoms in total. The summed E-state index contributed by atoms with van der Waals surface area (Å²) in [7, 11) is 1.76. The number of hydrogen-bond donors (Lipinski definition) is 2. The molecule has 4 heterocycles. The molecule has 0 radical (unpaired) electrons. The number of rotatable bonds is 8. The normalized spacial score (nSPS) is 15.1.